The summed E-state index contributed by atoms with van der Waals surface area (Å²) in [6.07, 6.45) is 1.22. The Kier molecular flexibility index (Phi) is 5.84. The van der Waals surface area contributed by atoms with Gasteiger partial charge in [0.25, 0.3) is 0 Å². The average Bonchev–Trinajstić information content (AvgIpc) is 2.65. The van der Waals surface area contributed by atoms with E-state index in [-0.39, 0.29) is 16.8 Å². The smallest absolute Gasteiger partial charge is 0.313 e. The summed E-state index contributed by atoms with van der Waals surface area (Å²) in [6.45, 7) is 1.82. The first-order valence-corrected chi connectivity index (χ1v) is 7.38. The number of carbonyl (C=O) groups is 3. The Morgan fingerprint density at radius 1 is 1.65 bits per heavy atom. The molecule has 1 aliphatic heterocycles. The van der Waals surface area contributed by atoms with Gasteiger partial charge in [-0.25, -0.2) is 0 Å². The molecule has 7 heteroatoms. The van der Waals surface area contributed by atoms with Crippen LogP contribution in [0.2, 0.25) is 0 Å². The third-order valence-corrected chi connectivity index (χ3v) is 4.70. The molecule has 1 saturated heterocycles. The van der Waals surface area contributed by atoms with E-state index in [1.807, 2.05) is 6.92 Å². The number of thioether (sulfide) groups is 2. The highest BCUT2D eigenvalue weighted by molar-refractivity contribution is 8.14. The van der Waals surface area contributed by atoms with Crippen LogP contribution in [0.5, 0.6) is 0 Å². The minimum Gasteiger partial charge on any atom is -0.481 e. The normalized spacial score (nSPS) is 21.2. The van der Waals surface area contributed by atoms with Gasteiger partial charge in [-0.05, 0) is 12.8 Å². The minimum absolute atomic E-state index is 0.00330. The van der Waals surface area contributed by atoms with E-state index in [4.69, 9.17) is 5.11 Å². The highest BCUT2D eigenvalue weighted by atomic mass is 32.2. The van der Waals surface area contributed by atoms with Gasteiger partial charge in [0.15, 0.2) is 0 Å². The molecule has 0 radical (unpaired) electrons. The van der Waals surface area contributed by atoms with Crippen LogP contribution in [0, 0.1) is 0 Å². The summed E-state index contributed by atoms with van der Waals surface area (Å²) in [6, 6.07) is -0.396. The van der Waals surface area contributed by atoms with E-state index in [1.54, 1.807) is 0 Å². The van der Waals surface area contributed by atoms with Crippen molar-refractivity contribution in [3.63, 3.8) is 0 Å². The standard InChI is InChI=1S/C10H15NO4S2/c1-2-7(17-5-8(12)13)9(14)11-6-3-4-16-10(6)15/h6-7H,2-5H2,1H3,(H,11,14)(H,12,13). The largest absolute Gasteiger partial charge is 0.481 e. The van der Waals surface area contributed by atoms with E-state index in [1.165, 1.54) is 11.8 Å². The van der Waals surface area contributed by atoms with Crippen molar-refractivity contribution in [3.05, 3.63) is 0 Å². The minimum atomic E-state index is -0.936. The van der Waals surface area contributed by atoms with E-state index in [9.17, 15) is 14.4 Å². The second kappa shape index (κ2) is 6.90. The van der Waals surface area contributed by atoms with Crippen LogP contribution in [0.4, 0.5) is 0 Å². The number of carboxylic acid groups (broad SMARTS) is 1. The number of hydrogen-bond acceptors (Lipinski definition) is 5. The fourth-order valence-electron chi connectivity index (χ4n) is 1.44. The third kappa shape index (κ3) is 4.59. The van der Waals surface area contributed by atoms with Gasteiger partial charge in [-0.3, -0.25) is 14.4 Å². The number of amides is 1. The summed E-state index contributed by atoms with van der Waals surface area (Å²) in [5.74, 6) is -0.532. The fourth-order valence-corrected chi connectivity index (χ4v) is 3.17. The number of aliphatic carboxylic acids is 1. The molecule has 0 aromatic heterocycles. The second-order valence-electron chi connectivity index (χ2n) is 3.62. The fraction of sp³-hybridized carbons (Fsp3) is 0.700. The van der Waals surface area contributed by atoms with E-state index < -0.39 is 17.3 Å². The van der Waals surface area contributed by atoms with Crippen LogP contribution in [0.25, 0.3) is 0 Å². The predicted octanol–water partition coefficient (Wildman–Crippen LogP) is 0.731. The van der Waals surface area contributed by atoms with Crippen LogP contribution >= 0.6 is 23.5 Å². The Labute approximate surface area is 108 Å². The maximum atomic E-state index is 11.8. The Morgan fingerprint density at radius 2 is 2.35 bits per heavy atom. The molecular weight excluding hydrogens is 262 g/mol. The summed E-state index contributed by atoms with van der Waals surface area (Å²) >= 11 is 2.32. The Morgan fingerprint density at radius 3 is 2.82 bits per heavy atom. The van der Waals surface area contributed by atoms with Gasteiger partial charge in [-0.2, -0.15) is 0 Å². The zero-order chi connectivity index (χ0) is 12.8. The van der Waals surface area contributed by atoms with Gasteiger partial charge in [0, 0.05) is 5.75 Å². The molecule has 96 valence electrons. The van der Waals surface area contributed by atoms with Crippen molar-refractivity contribution in [2.75, 3.05) is 11.5 Å². The summed E-state index contributed by atoms with van der Waals surface area (Å²) in [7, 11) is 0. The van der Waals surface area contributed by atoms with Gasteiger partial charge in [0.1, 0.15) is 0 Å². The van der Waals surface area contributed by atoms with Crippen LogP contribution in [0.15, 0.2) is 0 Å². The number of hydrogen-bond donors (Lipinski definition) is 2. The molecule has 2 N–H and O–H groups in total. The molecule has 0 aromatic rings. The molecular formula is C10H15NO4S2. The lowest BCUT2D eigenvalue weighted by Gasteiger charge is -2.16. The lowest BCUT2D eigenvalue weighted by Crippen LogP contribution is -2.42. The summed E-state index contributed by atoms with van der Waals surface area (Å²) in [4.78, 5) is 33.6. The molecule has 0 spiro atoms. The van der Waals surface area contributed by atoms with Gasteiger partial charge < -0.3 is 10.4 Å². The molecule has 1 aliphatic rings. The first-order chi connectivity index (χ1) is 8.04. The Balaban J connectivity index is 2.42. The summed E-state index contributed by atoms with van der Waals surface area (Å²) in [5, 5.41) is 10.8. The first-order valence-electron chi connectivity index (χ1n) is 5.35. The van der Waals surface area contributed by atoms with Crippen molar-refractivity contribution in [1.82, 2.24) is 5.32 Å². The zero-order valence-electron chi connectivity index (χ0n) is 9.47. The highest BCUT2D eigenvalue weighted by Gasteiger charge is 2.29. The van der Waals surface area contributed by atoms with Crippen molar-refractivity contribution in [1.29, 1.82) is 0 Å². The molecule has 0 saturated carbocycles. The number of nitrogens with one attached hydrogen (secondary N) is 1. The average molecular weight is 277 g/mol. The van der Waals surface area contributed by atoms with Crippen LogP contribution in [-0.2, 0) is 14.4 Å². The molecule has 2 unspecified atom stereocenters. The molecule has 1 heterocycles. The Bertz CT molecular complexity index is 321. The van der Waals surface area contributed by atoms with Crippen LogP contribution in [0.1, 0.15) is 19.8 Å². The Hall–Kier alpha value is -0.690. The van der Waals surface area contributed by atoms with Crippen molar-refractivity contribution < 1.29 is 19.5 Å². The van der Waals surface area contributed by atoms with Gasteiger partial charge in [0.2, 0.25) is 11.0 Å². The topological polar surface area (TPSA) is 83.5 Å². The van der Waals surface area contributed by atoms with Crippen molar-refractivity contribution >= 4 is 40.5 Å². The first kappa shape index (κ1) is 14.4. The summed E-state index contributed by atoms with van der Waals surface area (Å²) in [5.41, 5.74) is 0. The van der Waals surface area contributed by atoms with Crippen LogP contribution in [-0.4, -0.2) is 44.9 Å². The van der Waals surface area contributed by atoms with Crippen molar-refractivity contribution in [2.45, 2.75) is 31.1 Å². The number of carbonyl (C=O) groups excluding carboxylic acids is 2. The lowest BCUT2D eigenvalue weighted by atomic mass is 10.2. The zero-order valence-corrected chi connectivity index (χ0v) is 11.1. The van der Waals surface area contributed by atoms with E-state index in [0.717, 1.165) is 17.5 Å². The monoisotopic (exact) mass is 277 g/mol. The molecule has 0 aliphatic carbocycles. The SMILES string of the molecule is CCC(SCC(=O)O)C(=O)NC1CCSC1=O. The third-order valence-electron chi connectivity index (χ3n) is 2.32. The highest BCUT2D eigenvalue weighted by Crippen LogP contribution is 2.21. The van der Waals surface area contributed by atoms with Crippen LogP contribution in [0.3, 0.4) is 0 Å². The molecule has 2 atom stereocenters. The maximum Gasteiger partial charge on any atom is 0.313 e. The summed E-state index contributed by atoms with van der Waals surface area (Å²) < 4.78 is 0. The molecule has 1 rings (SSSR count). The molecule has 0 aromatic carbocycles. The van der Waals surface area contributed by atoms with Crippen molar-refractivity contribution in [3.8, 4) is 0 Å². The second-order valence-corrected chi connectivity index (χ2v) is 5.91. The van der Waals surface area contributed by atoms with Gasteiger partial charge in [-0.15, -0.1) is 11.8 Å². The molecule has 17 heavy (non-hydrogen) atoms. The maximum absolute atomic E-state index is 11.8. The van der Waals surface area contributed by atoms with E-state index in [0.29, 0.717) is 12.8 Å². The van der Waals surface area contributed by atoms with E-state index >= 15 is 0 Å². The molecule has 0 bridgehead atoms. The van der Waals surface area contributed by atoms with Gasteiger partial charge >= 0.3 is 5.97 Å². The number of rotatable bonds is 6. The van der Waals surface area contributed by atoms with Crippen LogP contribution < -0.4 is 5.32 Å². The van der Waals surface area contributed by atoms with Gasteiger partial charge in [-0.1, -0.05) is 18.7 Å². The lowest BCUT2D eigenvalue weighted by molar-refractivity contribution is -0.133. The van der Waals surface area contributed by atoms with Crippen molar-refractivity contribution in [2.24, 2.45) is 0 Å². The van der Waals surface area contributed by atoms with Gasteiger partial charge in [0.05, 0.1) is 17.0 Å². The quantitative estimate of drug-likeness (QED) is 0.744. The number of carboxylic acids is 1. The predicted molar refractivity (Wildman–Crippen MR) is 68.2 cm³/mol. The van der Waals surface area contributed by atoms with E-state index in [2.05, 4.69) is 5.32 Å². The molecule has 1 amide bonds. The molecule has 5 nitrogen and oxygen atoms in total. The molecule has 1 fully saturated rings.